The minimum absolute atomic E-state index is 0.169. The largest absolute Gasteiger partial charge is 0.478 e. The van der Waals surface area contributed by atoms with Gasteiger partial charge in [0.05, 0.1) is 6.10 Å². The summed E-state index contributed by atoms with van der Waals surface area (Å²) >= 11 is 0. The first-order chi connectivity index (χ1) is 8.81. The number of aliphatic hydroxyl groups excluding tert-OH is 1. The minimum atomic E-state index is -1.01. The standard InChI is InChI=1S/C14H22N2O3/c1-8(2)5-11(17)7-15-13-12(14(18)19)9(3)6-10(4)16-13/h6,8,11,17H,5,7H2,1-4H3,(H,15,16)(H,18,19). The predicted molar refractivity (Wildman–Crippen MR) is 74.6 cm³/mol. The van der Waals surface area contributed by atoms with Crippen LogP contribution in [0.1, 0.15) is 41.9 Å². The van der Waals surface area contributed by atoms with Crippen molar-refractivity contribution >= 4 is 11.8 Å². The Morgan fingerprint density at radius 2 is 2.05 bits per heavy atom. The lowest BCUT2D eigenvalue weighted by molar-refractivity contribution is 0.0696. The number of aryl methyl sites for hydroxylation is 2. The predicted octanol–water partition coefficient (Wildman–Crippen LogP) is 2.22. The number of rotatable bonds is 6. The molecule has 3 N–H and O–H groups in total. The van der Waals surface area contributed by atoms with E-state index in [4.69, 9.17) is 0 Å². The Bertz CT molecular complexity index is 458. The van der Waals surface area contributed by atoms with Crippen molar-refractivity contribution < 1.29 is 15.0 Å². The highest BCUT2D eigenvalue weighted by Gasteiger charge is 2.16. The number of anilines is 1. The Morgan fingerprint density at radius 1 is 1.42 bits per heavy atom. The molecule has 0 aliphatic carbocycles. The topological polar surface area (TPSA) is 82.5 Å². The van der Waals surface area contributed by atoms with Gasteiger partial charge in [-0.25, -0.2) is 9.78 Å². The fraction of sp³-hybridized carbons (Fsp3) is 0.571. The van der Waals surface area contributed by atoms with Gasteiger partial charge in [-0.1, -0.05) is 13.8 Å². The molecule has 0 aromatic carbocycles. The lowest BCUT2D eigenvalue weighted by Crippen LogP contribution is -2.23. The number of nitrogens with one attached hydrogen (secondary N) is 1. The fourth-order valence-electron chi connectivity index (χ4n) is 2.08. The number of carbonyl (C=O) groups is 1. The quantitative estimate of drug-likeness (QED) is 0.735. The van der Waals surface area contributed by atoms with Crippen molar-refractivity contribution in [3.63, 3.8) is 0 Å². The van der Waals surface area contributed by atoms with Crippen molar-refractivity contribution in [2.75, 3.05) is 11.9 Å². The molecule has 0 spiro atoms. The molecule has 1 aromatic heterocycles. The molecule has 5 heteroatoms. The van der Waals surface area contributed by atoms with Gasteiger partial charge in [-0.05, 0) is 37.8 Å². The third-order valence-electron chi connectivity index (χ3n) is 2.81. The smallest absolute Gasteiger partial charge is 0.339 e. The Hall–Kier alpha value is -1.62. The second-order valence-electron chi connectivity index (χ2n) is 5.27. The number of aromatic carboxylic acids is 1. The summed E-state index contributed by atoms with van der Waals surface area (Å²) in [5.74, 6) is -0.290. The number of pyridine rings is 1. The van der Waals surface area contributed by atoms with E-state index in [0.29, 0.717) is 30.3 Å². The second kappa shape index (κ2) is 6.52. The molecule has 1 heterocycles. The third kappa shape index (κ3) is 4.52. The summed E-state index contributed by atoms with van der Waals surface area (Å²) in [6.07, 6.45) is 0.157. The lowest BCUT2D eigenvalue weighted by atomic mass is 10.1. The molecule has 0 fully saturated rings. The number of hydrogen-bond acceptors (Lipinski definition) is 4. The molecule has 0 bridgehead atoms. The highest BCUT2D eigenvalue weighted by Crippen LogP contribution is 2.19. The van der Waals surface area contributed by atoms with E-state index in [0.717, 1.165) is 5.69 Å². The van der Waals surface area contributed by atoms with Crippen LogP contribution < -0.4 is 5.32 Å². The summed E-state index contributed by atoms with van der Waals surface area (Å²) in [5.41, 5.74) is 1.59. The zero-order chi connectivity index (χ0) is 14.6. The molecule has 0 saturated heterocycles. The van der Waals surface area contributed by atoms with Gasteiger partial charge in [0.2, 0.25) is 0 Å². The monoisotopic (exact) mass is 266 g/mol. The van der Waals surface area contributed by atoms with Crippen LogP contribution >= 0.6 is 0 Å². The van der Waals surface area contributed by atoms with Gasteiger partial charge in [0.25, 0.3) is 0 Å². The van der Waals surface area contributed by atoms with Gasteiger partial charge in [0.1, 0.15) is 11.4 Å². The fourth-order valence-corrected chi connectivity index (χ4v) is 2.08. The minimum Gasteiger partial charge on any atom is -0.478 e. The van der Waals surface area contributed by atoms with Gasteiger partial charge in [-0.15, -0.1) is 0 Å². The van der Waals surface area contributed by atoms with Crippen LogP contribution in [0.25, 0.3) is 0 Å². The maximum absolute atomic E-state index is 11.2. The summed E-state index contributed by atoms with van der Waals surface area (Å²) in [4.78, 5) is 15.4. The van der Waals surface area contributed by atoms with E-state index >= 15 is 0 Å². The molecule has 1 unspecified atom stereocenters. The molecular formula is C14H22N2O3. The highest BCUT2D eigenvalue weighted by atomic mass is 16.4. The molecule has 1 aromatic rings. The first kappa shape index (κ1) is 15.4. The number of nitrogens with zero attached hydrogens (tertiary/aromatic N) is 1. The molecule has 19 heavy (non-hydrogen) atoms. The lowest BCUT2D eigenvalue weighted by Gasteiger charge is -2.16. The molecule has 0 aliphatic heterocycles. The third-order valence-corrected chi connectivity index (χ3v) is 2.81. The molecule has 0 saturated carbocycles. The van der Waals surface area contributed by atoms with Crippen LogP contribution in [-0.4, -0.2) is 33.8 Å². The van der Waals surface area contributed by atoms with Crippen molar-refractivity contribution in [2.24, 2.45) is 5.92 Å². The number of carboxylic acid groups (broad SMARTS) is 1. The van der Waals surface area contributed by atoms with Crippen LogP contribution in [0, 0.1) is 19.8 Å². The van der Waals surface area contributed by atoms with Crippen molar-refractivity contribution in [3.05, 3.63) is 22.9 Å². The summed E-state index contributed by atoms with van der Waals surface area (Å²) < 4.78 is 0. The van der Waals surface area contributed by atoms with E-state index in [-0.39, 0.29) is 5.56 Å². The van der Waals surface area contributed by atoms with Gasteiger partial charge < -0.3 is 15.5 Å². The van der Waals surface area contributed by atoms with E-state index < -0.39 is 12.1 Å². The molecule has 0 radical (unpaired) electrons. The van der Waals surface area contributed by atoms with E-state index in [1.54, 1.807) is 13.0 Å². The van der Waals surface area contributed by atoms with E-state index in [1.807, 2.05) is 20.8 Å². The van der Waals surface area contributed by atoms with Gasteiger partial charge in [0.15, 0.2) is 0 Å². The number of aliphatic hydroxyl groups is 1. The van der Waals surface area contributed by atoms with Crippen molar-refractivity contribution in [2.45, 2.75) is 40.2 Å². The van der Waals surface area contributed by atoms with Crippen LogP contribution in [0.2, 0.25) is 0 Å². The molecule has 5 nitrogen and oxygen atoms in total. The maximum Gasteiger partial charge on any atom is 0.339 e. The van der Waals surface area contributed by atoms with Crippen LogP contribution in [0.15, 0.2) is 6.07 Å². The maximum atomic E-state index is 11.2. The Morgan fingerprint density at radius 3 is 2.58 bits per heavy atom. The molecule has 106 valence electrons. The zero-order valence-corrected chi connectivity index (χ0v) is 11.9. The Labute approximate surface area is 113 Å². The average molecular weight is 266 g/mol. The summed E-state index contributed by atoms with van der Waals surface area (Å²) in [6.45, 7) is 7.92. The molecule has 0 aliphatic rings. The van der Waals surface area contributed by atoms with Crippen molar-refractivity contribution in [1.29, 1.82) is 0 Å². The van der Waals surface area contributed by atoms with Crippen molar-refractivity contribution in [1.82, 2.24) is 4.98 Å². The normalized spacial score (nSPS) is 12.5. The molecular weight excluding hydrogens is 244 g/mol. The Kier molecular flexibility index (Phi) is 5.30. The van der Waals surface area contributed by atoms with Gasteiger partial charge in [-0.3, -0.25) is 0 Å². The van der Waals surface area contributed by atoms with Gasteiger partial charge in [0, 0.05) is 12.2 Å². The van der Waals surface area contributed by atoms with E-state index in [1.165, 1.54) is 0 Å². The Balaban J connectivity index is 2.85. The van der Waals surface area contributed by atoms with Crippen LogP contribution in [-0.2, 0) is 0 Å². The first-order valence-corrected chi connectivity index (χ1v) is 6.44. The summed E-state index contributed by atoms with van der Waals surface area (Å²) in [5, 5.41) is 22.0. The SMILES string of the molecule is Cc1cc(C)c(C(=O)O)c(NCC(O)CC(C)C)n1. The summed E-state index contributed by atoms with van der Waals surface area (Å²) in [6, 6.07) is 1.74. The zero-order valence-electron chi connectivity index (χ0n) is 11.9. The highest BCUT2D eigenvalue weighted by molar-refractivity contribution is 5.94. The number of hydrogen-bond donors (Lipinski definition) is 3. The van der Waals surface area contributed by atoms with Gasteiger partial charge in [-0.2, -0.15) is 0 Å². The number of carboxylic acids is 1. The van der Waals surface area contributed by atoms with Crippen LogP contribution in [0.4, 0.5) is 5.82 Å². The van der Waals surface area contributed by atoms with E-state index in [9.17, 15) is 15.0 Å². The second-order valence-corrected chi connectivity index (χ2v) is 5.27. The summed E-state index contributed by atoms with van der Waals surface area (Å²) in [7, 11) is 0. The molecule has 0 amide bonds. The van der Waals surface area contributed by atoms with Crippen molar-refractivity contribution in [3.8, 4) is 0 Å². The van der Waals surface area contributed by atoms with E-state index in [2.05, 4.69) is 10.3 Å². The first-order valence-electron chi connectivity index (χ1n) is 6.44. The number of aromatic nitrogens is 1. The molecule has 1 rings (SSSR count). The van der Waals surface area contributed by atoms with Gasteiger partial charge >= 0.3 is 5.97 Å². The van der Waals surface area contributed by atoms with Crippen LogP contribution in [0.5, 0.6) is 0 Å². The van der Waals surface area contributed by atoms with Crippen LogP contribution in [0.3, 0.4) is 0 Å². The molecule has 1 atom stereocenters. The average Bonchev–Trinajstić information content (AvgIpc) is 2.23.